The van der Waals surface area contributed by atoms with E-state index in [-0.39, 0.29) is 5.41 Å². The Labute approximate surface area is 102 Å². The molecule has 1 aliphatic heterocycles. The molecule has 0 radical (unpaired) electrons. The van der Waals surface area contributed by atoms with E-state index in [4.69, 9.17) is 4.74 Å². The van der Waals surface area contributed by atoms with Gasteiger partial charge in [-0.25, -0.2) is 0 Å². The maximum atomic E-state index is 5.55. The first-order chi connectivity index (χ1) is 7.54. The van der Waals surface area contributed by atoms with E-state index in [9.17, 15) is 0 Å². The molecule has 0 aromatic heterocycles. The second-order valence-corrected chi connectivity index (χ2v) is 5.43. The van der Waals surface area contributed by atoms with Gasteiger partial charge < -0.3 is 9.64 Å². The first-order valence-electron chi connectivity index (χ1n) is 6.79. The van der Waals surface area contributed by atoms with Gasteiger partial charge in [-0.3, -0.25) is 0 Å². The molecule has 2 heteroatoms. The van der Waals surface area contributed by atoms with Crippen molar-refractivity contribution in [2.24, 2.45) is 5.41 Å². The number of rotatable bonds is 4. The minimum absolute atomic E-state index is 0.272. The van der Waals surface area contributed by atoms with Crippen LogP contribution in [0.3, 0.4) is 0 Å². The topological polar surface area (TPSA) is 12.5 Å². The van der Waals surface area contributed by atoms with E-state index in [2.05, 4.69) is 25.7 Å². The normalized spacial score (nSPS) is 19.1. The molecule has 2 nitrogen and oxygen atoms in total. The highest BCUT2D eigenvalue weighted by Gasteiger charge is 2.25. The minimum atomic E-state index is 0.272. The number of methoxy groups -OCH3 is 1. The third-order valence-electron chi connectivity index (χ3n) is 3.16. The largest absolute Gasteiger partial charge is 0.381 e. The number of hydrogen-bond acceptors (Lipinski definition) is 2. The average molecular weight is 229 g/mol. The average Bonchev–Trinajstić information content (AvgIpc) is 2.72. The van der Waals surface area contributed by atoms with Crippen molar-refractivity contribution in [1.29, 1.82) is 0 Å². The quantitative estimate of drug-likeness (QED) is 0.731. The van der Waals surface area contributed by atoms with Crippen molar-refractivity contribution in [1.82, 2.24) is 4.90 Å². The van der Waals surface area contributed by atoms with Crippen LogP contribution < -0.4 is 0 Å². The maximum Gasteiger partial charge on any atom is 0.0631 e. The molecule has 1 atom stereocenters. The molecule has 16 heavy (non-hydrogen) atoms. The Hall–Kier alpha value is -0.0800. The van der Waals surface area contributed by atoms with Crippen molar-refractivity contribution in [3.05, 3.63) is 0 Å². The lowest BCUT2D eigenvalue weighted by Crippen LogP contribution is -2.33. The summed E-state index contributed by atoms with van der Waals surface area (Å²) < 4.78 is 5.55. The van der Waals surface area contributed by atoms with Crippen LogP contribution in [-0.2, 0) is 4.74 Å². The third kappa shape index (κ3) is 5.86. The molecule has 0 amide bonds. The van der Waals surface area contributed by atoms with Gasteiger partial charge >= 0.3 is 0 Å². The van der Waals surface area contributed by atoms with Crippen LogP contribution in [0.5, 0.6) is 0 Å². The van der Waals surface area contributed by atoms with Crippen molar-refractivity contribution < 1.29 is 4.74 Å². The highest BCUT2D eigenvalue weighted by atomic mass is 16.5. The van der Waals surface area contributed by atoms with E-state index < -0.39 is 0 Å². The first-order valence-corrected chi connectivity index (χ1v) is 6.79. The van der Waals surface area contributed by atoms with Crippen molar-refractivity contribution in [3.8, 4) is 0 Å². The van der Waals surface area contributed by atoms with Crippen molar-refractivity contribution in [2.45, 2.75) is 60.0 Å². The fraction of sp³-hybridized carbons (Fsp3) is 1.00. The lowest BCUT2D eigenvalue weighted by Gasteiger charge is -2.30. The molecule has 0 bridgehead atoms. The van der Waals surface area contributed by atoms with Crippen LogP contribution in [-0.4, -0.2) is 37.7 Å². The highest BCUT2D eigenvalue weighted by molar-refractivity contribution is 4.76. The Balaban J connectivity index is 0.00000106. The smallest absolute Gasteiger partial charge is 0.0631 e. The zero-order valence-corrected chi connectivity index (χ0v) is 12.2. The van der Waals surface area contributed by atoms with Crippen LogP contribution in [0.15, 0.2) is 0 Å². The van der Waals surface area contributed by atoms with Crippen molar-refractivity contribution in [2.75, 3.05) is 26.7 Å². The molecule has 1 unspecified atom stereocenters. The van der Waals surface area contributed by atoms with Gasteiger partial charge in [0.25, 0.3) is 0 Å². The summed E-state index contributed by atoms with van der Waals surface area (Å²) in [5.74, 6) is 0. The molecule has 0 spiro atoms. The van der Waals surface area contributed by atoms with Crippen LogP contribution in [0, 0.1) is 5.41 Å². The van der Waals surface area contributed by atoms with Gasteiger partial charge in [-0.15, -0.1) is 0 Å². The molecule has 1 heterocycles. The Morgan fingerprint density at radius 2 is 1.62 bits per heavy atom. The summed E-state index contributed by atoms with van der Waals surface area (Å²) in [5.41, 5.74) is 0.272. The molecule has 98 valence electrons. The fourth-order valence-corrected chi connectivity index (χ4v) is 2.21. The molecule has 0 N–H and O–H groups in total. The summed E-state index contributed by atoms with van der Waals surface area (Å²) in [4.78, 5) is 2.55. The molecule has 1 fully saturated rings. The maximum absolute atomic E-state index is 5.55. The van der Waals surface area contributed by atoms with E-state index >= 15 is 0 Å². The summed E-state index contributed by atoms with van der Waals surface area (Å²) in [6.45, 7) is 14.6. The summed E-state index contributed by atoms with van der Waals surface area (Å²) in [5, 5.41) is 0. The Morgan fingerprint density at radius 1 is 1.12 bits per heavy atom. The zero-order chi connectivity index (χ0) is 12.6. The zero-order valence-electron chi connectivity index (χ0n) is 12.2. The van der Waals surface area contributed by atoms with E-state index in [0.717, 1.165) is 0 Å². The third-order valence-corrected chi connectivity index (χ3v) is 3.16. The molecule has 1 saturated heterocycles. The van der Waals surface area contributed by atoms with Crippen molar-refractivity contribution >= 4 is 0 Å². The van der Waals surface area contributed by atoms with Crippen molar-refractivity contribution in [3.63, 3.8) is 0 Å². The molecule has 0 saturated carbocycles. The van der Waals surface area contributed by atoms with Gasteiger partial charge in [-0.1, -0.05) is 34.6 Å². The Morgan fingerprint density at radius 3 is 2.00 bits per heavy atom. The molecular formula is C14H31NO. The van der Waals surface area contributed by atoms with E-state index in [0.29, 0.717) is 6.10 Å². The van der Waals surface area contributed by atoms with Crippen LogP contribution in [0.1, 0.15) is 53.9 Å². The van der Waals surface area contributed by atoms with Gasteiger partial charge in [0.05, 0.1) is 6.10 Å². The van der Waals surface area contributed by atoms with Gasteiger partial charge in [-0.2, -0.15) is 0 Å². The molecule has 0 aliphatic carbocycles. The monoisotopic (exact) mass is 229 g/mol. The van der Waals surface area contributed by atoms with E-state index in [1.165, 1.54) is 38.9 Å². The van der Waals surface area contributed by atoms with Gasteiger partial charge in [0.1, 0.15) is 0 Å². The number of ether oxygens (including phenoxy) is 1. The van der Waals surface area contributed by atoms with E-state index in [1.54, 1.807) is 0 Å². The lowest BCUT2D eigenvalue weighted by atomic mass is 9.87. The number of likely N-dealkylation sites (tertiary alicyclic amines) is 1. The standard InChI is InChI=1S/C12H25NO.C2H6/c1-12(2,3)11(14-4)7-10-13-8-5-6-9-13;1-2/h11H,5-10H2,1-4H3;1-2H3. The molecule has 0 aromatic rings. The van der Waals surface area contributed by atoms with Crippen LogP contribution in [0.4, 0.5) is 0 Å². The van der Waals surface area contributed by atoms with Crippen LogP contribution >= 0.6 is 0 Å². The first kappa shape index (κ1) is 15.9. The van der Waals surface area contributed by atoms with E-state index in [1.807, 2.05) is 21.0 Å². The van der Waals surface area contributed by atoms with Gasteiger partial charge in [-0.05, 0) is 37.8 Å². The summed E-state index contributed by atoms with van der Waals surface area (Å²) >= 11 is 0. The van der Waals surface area contributed by atoms with Crippen LogP contribution in [0.25, 0.3) is 0 Å². The highest BCUT2D eigenvalue weighted by Crippen LogP contribution is 2.25. The number of nitrogens with zero attached hydrogens (tertiary/aromatic N) is 1. The SMILES string of the molecule is CC.COC(CCN1CCCC1)C(C)(C)C. The van der Waals surface area contributed by atoms with Crippen LogP contribution in [0.2, 0.25) is 0 Å². The molecule has 1 rings (SSSR count). The summed E-state index contributed by atoms with van der Waals surface area (Å²) in [6, 6.07) is 0. The predicted octanol–water partition coefficient (Wildman–Crippen LogP) is 3.56. The fourth-order valence-electron chi connectivity index (χ4n) is 2.21. The van der Waals surface area contributed by atoms with Gasteiger partial charge in [0.2, 0.25) is 0 Å². The molecular weight excluding hydrogens is 198 g/mol. The molecule has 1 aliphatic rings. The second kappa shape index (κ2) is 8.08. The summed E-state index contributed by atoms with van der Waals surface area (Å²) in [6.07, 6.45) is 4.32. The number of hydrogen-bond donors (Lipinski definition) is 0. The van der Waals surface area contributed by atoms with Gasteiger partial charge in [0, 0.05) is 13.7 Å². The second-order valence-electron chi connectivity index (χ2n) is 5.43. The lowest BCUT2D eigenvalue weighted by molar-refractivity contribution is 0.00535. The molecule has 0 aromatic carbocycles. The van der Waals surface area contributed by atoms with Gasteiger partial charge in [0.15, 0.2) is 0 Å². The minimum Gasteiger partial charge on any atom is -0.381 e. The predicted molar refractivity (Wildman–Crippen MR) is 71.9 cm³/mol. The summed E-state index contributed by atoms with van der Waals surface area (Å²) in [7, 11) is 1.83. The Kier molecular flexibility index (Phi) is 8.04. The Bertz CT molecular complexity index is 157.